The van der Waals surface area contributed by atoms with Crippen LogP contribution in [0, 0.1) is 11.3 Å². The van der Waals surface area contributed by atoms with Gasteiger partial charge in [0.15, 0.2) is 0 Å². The maximum Gasteiger partial charge on any atom is 0.340 e. The number of carboxylic acids is 1. The Kier molecular flexibility index (Phi) is 1.80. The van der Waals surface area contributed by atoms with Gasteiger partial charge in [-0.3, -0.25) is 5.10 Å². The third kappa shape index (κ3) is 1.18. The van der Waals surface area contributed by atoms with Crippen molar-refractivity contribution in [2.24, 2.45) is 0 Å². The summed E-state index contributed by atoms with van der Waals surface area (Å²) in [5.74, 6) is -1.18. The van der Waals surface area contributed by atoms with Crippen LogP contribution in [0.5, 0.6) is 0 Å². The lowest BCUT2D eigenvalue weighted by Crippen LogP contribution is -2.05. The predicted octanol–water partition coefficient (Wildman–Crippen LogP) is 0.715. The molecule has 1 aromatic carbocycles. The molecule has 0 aliphatic carbocycles. The Labute approximate surface area is 83.9 Å². The molecule has 0 amide bonds. The summed E-state index contributed by atoms with van der Waals surface area (Å²) < 4.78 is 0. The highest BCUT2D eigenvalue weighted by Crippen LogP contribution is 2.25. The molecule has 74 valence electrons. The molecule has 0 radical (unpaired) electrons. The van der Waals surface area contributed by atoms with E-state index < -0.39 is 5.97 Å². The van der Waals surface area contributed by atoms with E-state index in [9.17, 15) is 4.79 Å². The average molecular weight is 202 g/mol. The number of hydrogen-bond donors (Lipinski definition) is 3. The Balaban J connectivity index is 2.95. The Morgan fingerprint density at radius 2 is 2.40 bits per heavy atom. The van der Waals surface area contributed by atoms with Gasteiger partial charge in [-0.05, 0) is 6.07 Å². The first-order valence-corrected chi connectivity index (χ1v) is 4.04. The van der Waals surface area contributed by atoms with Crippen LogP contribution in [-0.4, -0.2) is 21.3 Å². The molecule has 0 spiro atoms. The summed E-state index contributed by atoms with van der Waals surface area (Å²) in [7, 11) is 0. The van der Waals surface area contributed by atoms with E-state index in [0.717, 1.165) is 0 Å². The second kappa shape index (κ2) is 2.99. The van der Waals surface area contributed by atoms with Crippen LogP contribution in [-0.2, 0) is 0 Å². The Bertz CT molecular complexity index is 594. The number of benzene rings is 1. The van der Waals surface area contributed by atoms with E-state index in [0.29, 0.717) is 10.9 Å². The van der Waals surface area contributed by atoms with Crippen molar-refractivity contribution in [3.63, 3.8) is 0 Å². The first-order chi connectivity index (χ1) is 7.15. The quantitative estimate of drug-likeness (QED) is 0.589. The van der Waals surface area contributed by atoms with Gasteiger partial charge in [0.2, 0.25) is 0 Å². The summed E-state index contributed by atoms with van der Waals surface area (Å²) in [4.78, 5) is 11.0. The minimum atomic E-state index is -1.18. The number of nitrogen functional groups attached to an aromatic ring is 1. The smallest absolute Gasteiger partial charge is 0.340 e. The van der Waals surface area contributed by atoms with E-state index in [1.807, 2.05) is 6.07 Å². The van der Waals surface area contributed by atoms with Crippen LogP contribution < -0.4 is 5.73 Å². The van der Waals surface area contributed by atoms with E-state index in [4.69, 9.17) is 16.1 Å². The molecule has 0 aliphatic heterocycles. The van der Waals surface area contributed by atoms with Gasteiger partial charge in [0.25, 0.3) is 0 Å². The standard InChI is InChI=1S/C9H6N4O2/c10-2-4-1-5-3-12-13-8(5)6(7(4)11)9(14)15/h1,3H,11H2,(H,12,13)(H,14,15). The third-order valence-corrected chi connectivity index (χ3v) is 2.11. The van der Waals surface area contributed by atoms with E-state index in [-0.39, 0.29) is 16.8 Å². The van der Waals surface area contributed by atoms with Crippen molar-refractivity contribution >= 4 is 22.6 Å². The number of nitrogens with one attached hydrogen (secondary N) is 1. The molecule has 1 aromatic heterocycles. The number of nitrogens with two attached hydrogens (primary N) is 1. The van der Waals surface area contributed by atoms with Crippen LogP contribution in [0.15, 0.2) is 12.3 Å². The Morgan fingerprint density at radius 1 is 1.67 bits per heavy atom. The number of aromatic carboxylic acids is 1. The lowest BCUT2D eigenvalue weighted by molar-refractivity contribution is 0.0700. The number of hydrogen-bond acceptors (Lipinski definition) is 4. The molecule has 15 heavy (non-hydrogen) atoms. The number of rotatable bonds is 1. The zero-order valence-corrected chi connectivity index (χ0v) is 7.48. The fourth-order valence-corrected chi connectivity index (χ4v) is 1.42. The molecular formula is C9H6N4O2. The predicted molar refractivity (Wildman–Crippen MR) is 52.2 cm³/mol. The van der Waals surface area contributed by atoms with Gasteiger partial charge in [-0.1, -0.05) is 0 Å². The van der Waals surface area contributed by atoms with Crippen molar-refractivity contribution in [1.29, 1.82) is 5.26 Å². The van der Waals surface area contributed by atoms with Crippen molar-refractivity contribution in [1.82, 2.24) is 10.2 Å². The maximum absolute atomic E-state index is 11.0. The molecule has 0 fully saturated rings. The van der Waals surface area contributed by atoms with Crippen LogP contribution in [0.2, 0.25) is 0 Å². The second-order valence-corrected chi connectivity index (χ2v) is 2.96. The maximum atomic E-state index is 11.0. The first-order valence-electron chi connectivity index (χ1n) is 4.04. The van der Waals surface area contributed by atoms with E-state index in [2.05, 4.69) is 10.2 Å². The lowest BCUT2D eigenvalue weighted by Gasteiger charge is -2.03. The number of nitrogens with zero attached hydrogens (tertiary/aromatic N) is 2. The van der Waals surface area contributed by atoms with Crippen LogP contribution in [0.3, 0.4) is 0 Å². The topological polar surface area (TPSA) is 116 Å². The van der Waals surface area contributed by atoms with Crippen LogP contribution in [0.25, 0.3) is 10.9 Å². The van der Waals surface area contributed by atoms with Gasteiger partial charge in [-0.15, -0.1) is 0 Å². The number of carboxylic acid groups (broad SMARTS) is 1. The molecule has 2 aromatic rings. The normalized spacial score (nSPS) is 10.1. The van der Waals surface area contributed by atoms with Gasteiger partial charge < -0.3 is 10.8 Å². The molecule has 2 rings (SSSR count). The second-order valence-electron chi connectivity index (χ2n) is 2.96. The first kappa shape index (κ1) is 9.02. The van der Waals surface area contributed by atoms with Crippen molar-refractivity contribution in [2.75, 3.05) is 5.73 Å². The number of fused-ring (bicyclic) bond motifs is 1. The zero-order chi connectivity index (χ0) is 11.0. The van der Waals surface area contributed by atoms with Gasteiger partial charge in [0, 0.05) is 5.39 Å². The van der Waals surface area contributed by atoms with Gasteiger partial charge in [-0.2, -0.15) is 10.4 Å². The summed E-state index contributed by atoms with van der Waals surface area (Å²) in [5, 5.41) is 24.5. The lowest BCUT2D eigenvalue weighted by atomic mass is 10.0. The van der Waals surface area contributed by atoms with Gasteiger partial charge in [0.1, 0.15) is 11.6 Å². The number of nitriles is 1. The molecule has 0 saturated carbocycles. The Hall–Kier alpha value is -2.55. The van der Waals surface area contributed by atoms with Crippen molar-refractivity contribution in [3.8, 4) is 6.07 Å². The highest BCUT2D eigenvalue weighted by Gasteiger charge is 2.17. The summed E-state index contributed by atoms with van der Waals surface area (Å²) in [6.45, 7) is 0. The number of aromatic amines is 1. The Morgan fingerprint density at radius 3 is 3.00 bits per heavy atom. The van der Waals surface area contributed by atoms with Gasteiger partial charge >= 0.3 is 5.97 Å². The largest absolute Gasteiger partial charge is 0.478 e. The molecule has 6 heteroatoms. The molecule has 1 heterocycles. The highest BCUT2D eigenvalue weighted by atomic mass is 16.4. The van der Waals surface area contributed by atoms with Crippen LogP contribution >= 0.6 is 0 Å². The van der Waals surface area contributed by atoms with Gasteiger partial charge in [0.05, 0.1) is 23.0 Å². The van der Waals surface area contributed by atoms with Gasteiger partial charge in [-0.25, -0.2) is 4.79 Å². The monoisotopic (exact) mass is 202 g/mol. The fraction of sp³-hybridized carbons (Fsp3) is 0. The van der Waals surface area contributed by atoms with Crippen molar-refractivity contribution in [3.05, 3.63) is 23.4 Å². The summed E-state index contributed by atoms with van der Waals surface area (Å²) in [6.07, 6.45) is 1.45. The average Bonchev–Trinajstić information content (AvgIpc) is 2.63. The molecule has 0 atom stereocenters. The number of anilines is 1. The summed E-state index contributed by atoms with van der Waals surface area (Å²) in [6, 6.07) is 3.34. The molecule has 0 unspecified atom stereocenters. The van der Waals surface area contributed by atoms with Crippen molar-refractivity contribution in [2.45, 2.75) is 0 Å². The minimum absolute atomic E-state index is 0.0400. The number of H-pyrrole nitrogens is 1. The SMILES string of the molecule is N#Cc1cc2cn[nH]c2c(C(=O)O)c1N. The minimum Gasteiger partial charge on any atom is -0.478 e. The molecule has 0 aliphatic rings. The fourth-order valence-electron chi connectivity index (χ4n) is 1.42. The summed E-state index contributed by atoms with van der Waals surface area (Å²) in [5.41, 5.74) is 5.89. The summed E-state index contributed by atoms with van der Waals surface area (Å²) >= 11 is 0. The van der Waals surface area contributed by atoms with Crippen LogP contribution in [0.4, 0.5) is 5.69 Å². The third-order valence-electron chi connectivity index (χ3n) is 2.11. The molecular weight excluding hydrogens is 196 g/mol. The zero-order valence-electron chi connectivity index (χ0n) is 7.48. The van der Waals surface area contributed by atoms with Crippen molar-refractivity contribution < 1.29 is 9.90 Å². The molecule has 4 N–H and O–H groups in total. The highest BCUT2D eigenvalue weighted by molar-refractivity contribution is 6.07. The number of carbonyl (C=O) groups is 1. The number of aromatic nitrogens is 2. The van der Waals surface area contributed by atoms with E-state index in [1.165, 1.54) is 12.3 Å². The van der Waals surface area contributed by atoms with E-state index >= 15 is 0 Å². The van der Waals surface area contributed by atoms with E-state index in [1.54, 1.807) is 0 Å². The van der Waals surface area contributed by atoms with Crippen LogP contribution in [0.1, 0.15) is 15.9 Å². The molecule has 0 bridgehead atoms. The molecule has 0 saturated heterocycles. The molecule has 6 nitrogen and oxygen atoms in total.